The first-order valence-electron chi connectivity index (χ1n) is 7.25. The van der Waals surface area contributed by atoms with Crippen LogP contribution in [0, 0.1) is 5.82 Å². The molecule has 0 spiro atoms. The van der Waals surface area contributed by atoms with Crippen molar-refractivity contribution >= 4 is 5.69 Å². The first kappa shape index (κ1) is 15.4. The van der Waals surface area contributed by atoms with E-state index in [2.05, 4.69) is 4.98 Å². The van der Waals surface area contributed by atoms with Crippen molar-refractivity contribution in [2.45, 2.75) is 32.4 Å². The predicted octanol–water partition coefficient (Wildman–Crippen LogP) is 3.14. The molecule has 1 unspecified atom stereocenters. The average molecular weight is 287 g/mol. The minimum atomic E-state index is -0.190. The second-order valence-corrected chi connectivity index (χ2v) is 5.29. The molecule has 1 heterocycles. The summed E-state index contributed by atoms with van der Waals surface area (Å²) in [5.41, 5.74) is 8.52. The molecule has 2 N–H and O–H groups in total. The van der Waals surface area contributed by atoms with Crippen molar-refractivity contribution in [3.8, 4) is 0 Å². The van der Waals surface area contributed by atoms with Crippen LogP contribution in [-0.4, -0.2) is 18.1 Å². The maximum absolute atomic E-state index is 14.1. The summed E-state index contributed by atoms with van der Waals surface area (Å²) in [6.45, 7) is 2.65. The Morgan fingerprint density at radius 2 is 2.05 bits per heavy atom. The van der Waals surface area contributed by atoms with Crippen LogP contribution in [0.15, 0.2) is 42.6 Å². The Bertz CT molecular complexity index is 572. The van der Waals surface area contributed by atoms with Gasteiger partial charge in [-0.3, -0.25) is 4.98 Å². The van der Waals surface area contributed by atoms with Crippen molar-refractivity contribution in [3.63, 3.8) is 0 Å². The monoisotopic (exact) mass is 287 g/mol. The molecule has 1 aromatic heterocycles. The summed E-state index contributed by atoms with van der Waals surface area (Å²) in [4.78, 5) is 6.33. The lowest BCUT2D eigenvalue weighted by molar-refractivity contribution is 0.578. The van der Waals surface area contributed by atoms with Crippen LogP contribution in [0.1, 0.15) is 24.6 Å². The van der Waals surface area contributed by atoms with E-state index in [1.165, 1.54) is 6.07 Å². The molecule has 3 nitrogen and oxygen atoms in total. The van der Waals surface area contributed by atoms with Gasteiger partial charge in [-0.2, -0.15) is 0 Å². The predicted molar refractivity (Wildman–Crippen MR) is 84.7 cm³/mol. The first-order chi connectivity index (χ1) is 10.1. The number of nitrogens with zero attached hydrogens (tertiary/aromatic N) is 2. The van der Waals surface area contributed by atoms with Crippen molar-refractivity contribution in [2.75, 3.05) is 11.9 Å². The Labute approximate surface area is 125 Å². The minimum Gasteiger partial charge on any atom is -0.368 e. The van der Waals surface area contributed by atoms with Crippen LogP contribution in [0.2, 0.25) is 0 Å². The molecule has 0 aliphatic rings. The van der Waals surface area contributed by atoms with Gasteiger partial charge in [0.05, 0.1) is 12.2 Å². The summed E-state index contributed by atoms with van der Waals surface area (Å²) in [6, 6.07) is 10.9. The van der Waals surface area contributed by atoms with E-state index in [4.69, 9.17) is 5.73 Å². The Morgan fingerprint density at radius 3 is 2.71 bits per heavy atom. The number of hydrogen-bond donors (Lipinski definition) is 1. The lowest BCUT2D eigenvalue weighted by Crippen LogP contribution is -2.25. The molecule has 0 amide bonds. The van der Waals surface area contributed by atoms with Crippen molar-refractivity contribution in [1.29, 1.82) is 0 Å². The molecule has 0 aliphatic carbocycles. The molecule has 0 fully saturated rings. The zero-order chi connectivity index (χ0) is 15.2. The summed E-state index contributed by atoms with van der Waals surface area (Å²) in [5.74, 6) is -0.190. The fraction of sp³-hybridized carbons (Fsp3) is 0.353. The van der Waals surface area contributed by atoms with Crippen LogP contribution in [0.25, 0.3) is 0 Å². The fourth-order valence-electron chi connectivity index (χ4n) is 2.33. The Morgan fingerprint density at radius 1 is 1.24 bits per heavy atom. The molecule has 2 rings (SSSR count). The zero-order valence-electron chi connectivity index (χ0n) is 12.6. The zero-order valence-corrected chi connectivity index (χ0v) is 12.6. The van der Waals surface area contributed by atoms with Gasteiger partial charge in [0.1, 0.15) is 5.82 Å². The molecule has 112 valence electrons. The highest BCUT2D eigenvalue weighted by molar-refractivity contribution is 5.54. The van der Waals surface area contributed by atoms with Crippen LogP contribution >= 0.6 is 0 Å². The number of aromatic nitrogens is 1. The lowest BCUT2D eigenvalue weighted by Gasteiger charge is -2.23. The first-order valence-corrected chi connectivity index (χ1v) is 7.25. The number of rotatable bonds is 6. The maximum Gasteiger partial charge on any atom is 0.128 e. The molecule has 0 bridgehead atoms. The van der Waals surface area contributed by atoms with Crippen molar-refractivity contribution in [2.24, 2.45) is 5.73 Å². The van der Waals surface area contributed by atoms with E-state index in [9.17, 15) is 4.39 Å². The van der Waals surface area contributed by atoms with Gasteiger partial charge in [-0.15, -0.1) is 0 Å². The van der Waals surface area contributed by atoms with E-state index in [0.717, 1.165) is 17.8 Å². The topological polar surface area (TPSA) is 42.1 Å². The maximum atomic E-state index is 14.1. The third-order valence-electron chi connectivity index (χ3n) is 3.62. The SMILES string of the molecule is CCC(N)Cc1c(F)cccc1N(C)Cc1ccccn1. The molecule has 0 saturated carbocycles. The highest BCUT2D eigenvalue weighted by Gasteiger charge is 2.15. The standard InChI is InChI=1S/C17H22FN3/c1-3-13(19)11-15-16(18)8-6-9-17(15)21(2)12-14-7-4-5-10-20-14/h4-10,13H,3,11-12,19H2,1-2H3. The number of hydrogen-bond acceptors (Lipinski definition) is 3. The largest absolute Gasteiger partial charge is 0.368 e. The lowest BCUT2D eigenvalue weighted by atomic mass is 10.0. The van der Waals surface area contributed by atoms with E-state index in [1.807, 2.05) is 43.1 Å². The van der Waals surface area contributed by atoms with Crippen molar-refractivity contribution in [1.82, 2.24) is 4.98 Å². The van der Waals surface area contributed by atoms with Crippen LogP contribution in [0.5, 0.6) is 0 Å². The van der Waals surface area contributed by atoms with Crippen LogP contribution < -0.4 is 10.6 Å². The molecule has 4 heteroatoms. The summed E-state index contributed by atoms with van der Waals surface area (Å²) >= 11 is 0. The molecule has 0 saturated heterocycles. The molecule has 21 heavy (non-hydrogen) atoms. The second kappa shape index (κ2) is 7.18. The molecule has 0 radical (unpaired) electrons. The van der Waals surface area contributed by atoms with Gasteiger partial charge in [-0.05, 0) is 37.1 Å². The van der Waals surface area contributed by atoms with Gasteiger partial charge in [0.15, 0.2) is 0 Å². The van der Waals surface area contributed by atoms with Crippen LogP contribution in [0.4, 0.5) is 10.1 Å². The minimum absolute atomic E-state index is 0.0242. The van der Waals surface area contributed by atoms with E-state index in [0.29, 0.717) is 18.5 Å². The van der Waals surface area contributed by atoms with E-state index >= 15 is 0 Å². The molecule has 2 aromatic rings. The van der Waals surface area contributed by atoms with Gasteiger partial charge in [-0.1, -0.05) is 19.1 Å². The molecule has 1 atom stereocenters. The summed E-state index contributed by atoms with van der Waals surface area (Å²) in [7, 11) is 1.95. The highest BCUT2D eigenvalue weighted by Crippen LogP contribution is 2.25. The van der Waals surface area contributed by atoms with Gasteiger partial charge in [0, 0.05) is 30.5 Å². The van der Waals surface area contributed by atoms with Gasteiger partial charge >= 0.3 is 0 Å². The number of benzene rings is 1. The average Bonchev–Trinajstić information content (AvgIpc) is 2.50. The smallest absolute Gasteiger partial charge is 0.128 e. The molecule has 0 aliphatic heterocycles. The van der Waals surface area contributed by atoms with Crippen molar-refractivity contribution in [3.05, 3.63) is 59.7 Å². The molecular formula is C17H22FN3. The quantitative estimate of drug-likeness (QED) is 0.887. The third-order valence-corrected chi connectivity index (χ3v) is 3.62. The highest BCUT2D eigenvalue weighted by atomic mass is 19.1. The molecular weight excluding hydrogens is 265 g/mol. The van der Waals surface area contributed by atoms with Crippen molar-refractivity contribution < 1.29 is 4.39 Å². The van der Waals surface area contributed by atoms with Gasteiger partial charge < -0.3 is 10.6 Å². The van der Waals surface area contributed by atoms with Gasteiger partial charge in [-0.25, -0.2) is 4.39 Å². The second-order valence-electron chi connectivity index (χ2n) is 5.29. The van der Waals surface area contributed by atoms with E-state index < -0.39 is 0 Å². The third kappa shape index (κ3) is 4.02. The Balaban J connectivity index is 2.24. The number of pyridine rings is 1. The Hall–Kier alpha value is -1.94. The number of nitrogens with two attached hydrogens (primary N) is 1. The summed E-state index contributed by atoms with van der Waals surface area (Å²) in [5, 5.41) is 0. The summed E-state index contributed by atoms with van der Waals surface area (Å²) in [6.07, 6.45) is 3.14. The van der Waals surface area contributed by atoms with E-state index in [-0.39, 0.29) is 11.9 Å². The number of halogens is 1. The van der Waals surface area contributed by atoms with Gasteiger partial charge in [0.25, 0.3) is 0 Å². The summed E-state index contributed by atoms with van der Waals surface area (Å²) < 4.78 is 14.1. The Kier molecular flexibility index (Phi) is 5.28. The fourth-order valence-corrected chi connectivity index (χ4v) is 2.33. The number of anilines is 1. The van der Waals surface area contributed by atoms with Crippen LogP contribution in [0.3, 0.4) is 0 Å². The normalized spacial score (nSPS) is 12.2. The van der Waals surface area contributed by atoms with E-state index in [1.54, 1.807) is 12.3 Å². The van der Waals surface area contributed by atoms with Gasteiger partial charge in [0.2, 0.25) is 0 Å². The molecule has 1 aromatic carbocycles. The van der Waals surface area contributed by atoms with Crippen LogP contribution in [-0.2, 0) is 13.0 Å².